The van der Waals surface area contributed by atoms with E-state index in [4.69, 9.17) is 4.74 Å². The number of rotatable bonds is 8. The van der Waals surface area contributed by atoms with Crippen molar-refractivity contribution >= 4 is 23.2 Å². The third-order valence-electron chi connectivity index (χ3n) is 9.70. The summed E-state index contributed by atoms with van der Waals surface area (Å²) in [6, 6.07) is 14.0. The van der Waals surface area contributed by atoms with Gasteiger partial charge in [0.25, 0.3) is 5.91 Å². The lowest BCUT2D eigenvalue weighted by Gasteiger charge is -2.38. The molecule has 3 aromatic rings. The number of aromatic nitrogens is 2. The highest BCUT2D eigenvalue weighted by Crippen LogP contribution is 2.44. The lowest BCUT2D eigenvalue weighted by Crippen LogP contribution is -2.47. The number of carbonyl (C=O) groups is 2. The lowest BCUT2D eigenvalue weighted by atomic mass is 9.77. The molecule has 2 aromatic carbocycles. The Labute approximate surface area is 254 Å². The van der Waals surface area contributed by atoms with Gasteiger partial charge in [0.2, 0.25) is 5.91 Å². The maximum Gasteiger partial charge on any atom is 0.253 e. The zero-order valence-electron chi connectivity index (χ0n) is 25.7. The number of nitrogens with zero attached hydrogens (tertiary/aromatic N) is 5. The maximum absolute atomic E-state index is 13.8. The van der Waals surface area contributed by atoms with Gasteiger partial charge in [-0.1, -0.05) is 13.8 Å². The Balaban J connectivity index is 1.04. The van der Waals surface area contributed by atoms with Crippen molar-refractivity contribution in [3.8, 4) is 16.9 Å². The second-order valence-corrected chi connectivity index (χ2v) is 12.7. The number of amides is 2. The first-order valence-corrected chi connectivity index (χ1v) is 15.7. The van der Waals surface area contributed by atoms with E-state index in [1.165, 1.54) is 18.7 Å². The number of anilines is 2. The van der Waals surface area contributed by atoms with Gasteiger partial charge in [0.15, 0.2) is 0 Å². The fourth-order valence-electron chi connectivity index (χ4n) is 6.82. The van der Waals surface area contributed by atoms with Crippen LogP contribution in [-0.4, -0.2) is 91.3 Å². The molecule has 4 heterocycles. The summed E-state index contributed by atoms with van der Waals surface area (Å²) in [5.41, 5.74) is 4.22. The molecule has 0 bridgehead atoms. The van der Waals surface area contributed by atoms with E-state index in [1.807, 2.05) is 46.3 Å². The molecular formula is C34H44N6O3. The second kappa shape index (κ2) is 12.4. The summed E-state index contributed by atoms with van der Waals surface area (Å²) in [5, 5.41) is 6.88. The van der Waals surface area contributed by atoms with Crippen LogP contribution < -0.4 is 14.5 Å². The molecule has 2 amide bonds. The van der Waals surface area contributed by atoms with Crippen molar-refractivity contribution in [2.75, 3.05) is 69.3 Å². The Morgan fingerprint density at radius 3 is 2.30 bits per heavy atom. The fraction of sp³-hybridized carbons (Fsp3) is 0.500. The van der Waals surface area contributed by atoms with Gasteiger partial charge in [-0.2, -0.15) is 5.10 Å². The lowest BCUT2D eigenvalue weighted by molar-refractivity contribution is -0.127. The second-order valence-electron chi connectivity index (χ2n) is 12.7. The number of H-pyrrole nitrogens is 1. The van der Waals surface area contributed by atoms with E-state index in [9.17, 15) is 9.59 Å². The molecule has 1 spiro atoms. The molecule has 1 aromatic heterocycles. The summed E-state index contributed by atoms with van der Waals surface area (Å²) in [7, 11) is 1.64. The quantitative estimate of drug-likeness (QED) is 0.405. The van der Waals surface area contributed by atoms with E-state index < -0.39 is 5.41 Å². The molecule has 1 N–H and O–H groups in total. The Morgan fingerprint density at radius 2 is 1.65 bits per heavy atom. The number of nitrogens with one attached hydrogen (secondary N) is 1. The molecule has 0 unspecified atom stereocenters. The van der Waals surface area contributed by atoms with Crippen molar-refractivity contribution in [2.45, 2.75) is 39.5 Å². The summed E-state index contributed by atoms with van der Waals surface area (Å²) < 4.78 is 5.66. The predicted molar refractivity (Wildman–Crippen MR) is 170 cm³/mol. The summed E-state index contributed by atoms with van der Waals surface area (Å²) >= 11 is 0. The topological polar surface area (TPSA) is 85.0 Å². The summed E-state index contributed by atoms with van der Waals surface area (Å²) in [5.74, 6) is 1.67. The zero-order valence-corrected chi connectivity index (χ0v) is 25.7. The third-order valence-corrected chi connectivity index (χ3v) is 9.70. The molecule has 6 rings (SSSR count). The van der Waals surface area contributed by atoms with E-state index in [1.54, 1.807) is 13.3 Å². The third kappa shape index (κ3) is 6.00. The van der Waals surface area contributed by atoms with Crippen molar-refractivity contribution in [1.82, 2.24) is 20.0 Å². The minimum atomic E-state index is -0.408. The molecule has 0 saturated carbocycles. The molecule has 0 radical (unpaired) electrons. The number of piperidine rings is 1. The van der Waals surface area contributed by atoms with Crippen molar-refractivity contribution < 1.29 is 14.3 Å². The molecule has 3 fully saturated rings. The van der Waals surface area contributed by atoms with Gasteiger partial charge in [-0.15, -0.1) is 0 Å². The van der Waals surface area contributed by atoms with Crippen molar-refractivity contribution in [3.05, 3.63) is 60.4 Å². The van der Waals surface area contributed by atoms with Gasteiger partial charge < -0.3 is 19.4 Å². The number of aromatic amines is 1. The van der Waals surface area contributed by atoms with Crippen LogP contribution in [0.15, 0.2) is 54.9 Å². The van der Waals surface area contributed by atoms with Crippen LogP contribution in [0, 0.1) is 11.3 Å². The average molecular weight is 585 g/mol. The highest BCUT2D eigenvalue weighted by atomic mass is 16.5. The molecule has 0 atom stereocenters. The van der Waals surface area contributed by atoms with Crippen LogP contribution >= 0.6 is 0 Å². The first-order valence-electron chi connectivity index (χ1n) is 15.7. The van der Waals surface area contributed by atoms with Gasteiger partial charge in [-0.05, 0) is 74.5 Å². The van der Waals surface area contributed by atoms with Gasteiger partial charge in [0, 0.05) is 86.1 Å². The van der Waals surface area contributed by atoms with Crippen molar-refractivity contribution in [3.63, 3.8) is 0 Å². The first kappa shape index (κ1) is 29.2. The smallest absolute Gasteiger partial charge is 0.253 e. The number of hydrogen-bond donors (Lipinski definition) is 1. The minimum absolute atomic E-state index is 0.0572. The molecule has 3 aliphatic rings. The molecule has 3 aliphatic heterocycles. The Hall–Kier alpha value is -3.85. The summed E-state index contributed by atoms with van der Waals surface area (Å²) in [6.45, 7) is 11.8. The van der Waals surface area contributed by atoms with Gasteiger partial charge in [-0.3, -0.25) is 19.6 Å². The number of ether oxygens (including phenoxy) is 1. The first-order chi connectivity index (χ1) is 20.9. The predicted octanol–water partition coefficient (Wildman–Crippen LogP) is 4.91. The largest absolute Gasteiger partial charge is 0.496 e. The number of methoxy groups -OCH3 is 1. The SMILES string of the molecule is COc1cc(N2CCC3(CCN(C(=O)c4ccc(N5CCN(CCC(C)C)CC5)cc4)CC3)C2=O)ccc1-c1cn[nH]c1. The monoisotopic (exact) mass is 584 g/mol. The number of hydrogen-bond acceptors (Lipinski definition) is 6. The summed E-state index contributed by atoms with van der Waals surface area (Å²) in [4.78, 5) is 36.0. The van der Waals surface area contributed by atoms with Crippen molar-refractivity contribution in [2.24, 2.45) is 11.3 Å². The van der Waals surface area contributed by atoms with Gasteiger partial charge in [0.05, 0.1) is 18.7 Å². The Bertz CT molecular complexity index is 1400. The van der Waals surface area contributed by atoms with Crippen LogP contribution in [0.5, 0.6) is 5.75 Å². The van der Waals surface area contributed by atoms with E-state index in [-0.39, 0.29) is 11.8 Å². The van der Waals surface area contributed by atoms with E-state index >= 15 is 0 Å². The van der Waals surface area contributed by atoms with E-state index in [0.717, 1.165) is 60.9 Å². The van der Waals surface area contributed by atoms with Crippen LogP contribution in [0.4, 0.5) is 11.4 Å². The van der Waals surface area contributed by atoms with Gasteiger partial charge >= 0.3 is 0 Å². The van der Waals surface area contributed by atoms with Crippen LogP contribution in [0.25, 0.3) is 11.1 Å². The van der Waals surface area contributed by atoms with Crippen LogP contribution in [-0.2, 0) is 4.79 Å². The van der Waals surface area contributed by atoms with Crippen LogP contribution in [0.2, 0.25) is 0 Å². The average Bonchev–Trinajstić information content (AvgIpc) is 3.69. The number of piperazine rings is 1. The number of benzene rings is 2. The van der Waals surface area contributed by atoms with Crippen molar-refractivity contribution in [1.29, 1.82) is 0 Å². The maximum atomic E-state index is 13.8. The molecule has 228 valence electrons. The highest BCUT2D eigenvalue weighted by Gasteiger charge is 2.49. The standard InChI is InChI=1S/C34H44N6O3/c1-25(2)10-14-37-18-20-38(21-19-37)28-6-4-26(5-7-28)32(41)39-15-11-34(12-16-39)13-17-40(33(34)42)29-8-9-30(31(22-29)43-3)27-23-35-36-24-27/h4-9,22-25H,10-21H2,1-3H3,(H,35,36). The van der Waals surface area contributed by atoms with E-state index in [0.29, 0.717) is 38.2 Å². The van der Waals surface area contributed by atoms with Gasteiger partial charge in [0.1, 0.15) is 5.75 Å². The minimum Gasteiger partial charge on any atom is -0.496 e. The Morgan fingerprint density at radius 1 is 0.953 bits per heavy atom. The van der Waals surface area contributed by atoms with Crippen LogP contribution in [0.1, 0.15) is 49.9 Å². The highest BCUT2D eigenvalue weighted by molar-refractivity contribution is 6.01. The molecule has 9 heteroatoms. The zero-order chi connectivity index (χ0) is 30.0. The molecular weight excluding hydrogens is 540 g/mol. The molecule has 3 saturated heterocycles. The van der Waals surface area contributed by atoms with E-state index in [2.05, 4.69) is 46.0 Å². The molecule has 9 nitrogen and oxygen atoms in total. The molecule has 0 aliphatic carbocycles. The molecule has 43 heavy (non-hydrogen) atoms. The van der Waals surface area contributed by atoms with Crippen LogP contribution in [0.3, 0.4) is 0 Å². The normalized spacial score (nSPS) is 19.1. The summed E-state index contributed by atoms with van der Waals surface area (Å²) in [6.07, 6.45) is 7.02. The number of likely N-dealkylation sites (tertiary alicyclic amines) is 1. The Kier molecular flexibility index (Phi) is 8.43. The fourth-order valence-corrected chi connectivity index (χ4v) is 6.82. The van der Waals surface area contributed by atoms with Gasteiger partial charge in [-0.25, -0.2) is 0 Å². The number of carbonyl (C=O) groups excluding carboxylic acids is 2.